The van der Waals surface area contributed by atoms with E-state index in [1.807, 2.05) is 0 Å². The summed E-state index contributed by atoms with van der Waals surface area (Å²) < 4.78 is 5.20. The third kappa shape index (κ3) is 2.73. The fourth-order valence-corrected chi connectivity index (χ4v) is 1.34. The molecule has 0 heterocycles. The molecule has 1 rings (SSSR count). The maximum atomic E-state index is 10.7. The fraction of sp³-hybridized carbons (Fsp3) is 0.300. The first-order valence-corrected chi connectivity index (χ1v) is 5.29. The predicted molar refractivity (Wildman–Crippen MR) is 56.9 cm³/mol. The van der Waals surface area contributed by atoms with Crippen LogP contribution in [0.15, 0.2) is 24.3 Å². The van der Waals surface area contributed by atoms with E-state index >= 15 is 0 Å². The lowest BCUT2D eigenvalue weighted by molar-refractivity contribution is -0.138. The lowest BCUT2D eigenvalue weighted by atomic mass is 10.0. The monoisotopic (exact) mass is 258 g/mol. The highest BCUT2D eigenvalue weighted by Gasteiger charge is 2.13. The van der Waals surface area contributed by atoms with Crippen molar-refractivity contribution in [1.82, 2.24) is 0 Å². The van der Waals surface area contributed by atoms with Gasteiger partial charge in [-0.2, -0.15) is 0 Å². The van der Waals surface area contributed by atoms with Crippen molar-refractivity contribution in [3.05, 3.63) is 29.8 Å². The van der Waals surface area contributed by atoms with E-state index < -0.39 is 11.9 Å². The second-order valence-electron chi connectivity index (χ2n) is 2.89. The second-order valence-corrected chi connectivity index (χ2v) is 3.34. The van der Waals surface area contributed by atoms with E-state index in [1.54, 1.807) is 31.2 Å². The number of carboxylic acid groups (broad SMARTS) is 1. The van der Waals surface area contributed by atoms with E-state index in [-0.39, 0.29) is 0 Å². The highest BCUT2D eigenvalue weighted by molar-refractivity contribution is 9.09. The summed E-state index contributed by atoms with van der Waals surface area (Å²) in [6, 6.07) is 7.09. The number of hydrogen-bond donors (Lipinski definition) is 1. The zero-order valence-electron chi connectivity index (χ0n) is 7.74. The Labute approximate surface area is 90.8 Å². The van der Waals surface area contributed by atoms with Crippen LogP contribution in [0, 0.1) is 0 Å². The van der Waals surface area contributed by atoms with Gasteiger partial charge in [0.05, 0.1) is 5.92 Å². The first-order valence-electron chi connectivity index (χ1n) is 4.16. The standard InChI is InChI=1S/C10H11BrO3/c1-7(10(12)13)8-3-2-4-9(5-8)14-6-11/h2-5,7H,6H2,1H3,(H,12,13). The highest BCUT2D eigenvalue weighted by atomic mass is 79.9. The molecular weight excluding hydrogens is 248 g/mol. The first-order chi connectivity index (χ1) is 6.65. The van der Waals surface area contributed by atoms with Crippen LogP contribution in [0.4, 0.5) is 0 Å². The quantitative estimate of drug-likeness (QED) is 0.845. The molecule has 1 aromatic carbocycles. The molecule has 14 heavy (non-hydrogen) atoms. The van der Waals surface area contributed by atoms with Crippen LogP contribution >= 0.6 is 15.9 Å². The summed E-state index contributed by atoms with van der Waals surface area (Å²) in [6.07, 6.45) is 0. The summed E-state index contributed by atoms with van der Waals surface area (Å²) in [5.41, 5.74) is 1.15. The summed E-state index contributed by atoms with van der Waals surface area (Å²) in [5.74, 6) is -0.664. The van der Waals surface area contributed by atoms with Crippen LogP contribution in [0.2, 0.25) is 0 Å². The zero-order valence-corrected chi connectivity index (χ0v) is 9.32. The number of ether oxygens (including phenoxy) is 1. The maximum absolute atomic E-state index is 10.7. The molecule has 76 valence electrons. The van der Waals surface area contributed by atoms with Gasteiger partial charge in [0.2, 0.25) is 0 Å². The summed E-state index contributed by atoms with van der Waals surface area (Å²) in [4.78, 5) is 10.7. The molecule has 1 atom stereocenters. The molecule has 0 aliphatic carbocycles. The number of halogens is 1. The van der Waals surface area contributed by atoms with E-state index in [0.29, 0.717) is 11.3 Å². The average molecular weight is 259 g/mol. The number of hydrogen-bond acceptors (Lipinski definition) is 2. The Morgan fingerprint density at radius 3 is 2.93 bits per heavy atom. The van der Waals surface area contributed by atoms with E-state index in [2.05, 4.69) is 15.9 Å². The van der Waals surface area contributed by atoms with Crippen molar-refractivity contribution in [3.8, 4) is 5.75 Å². The van der Waals surface area contributed by atoms with Gasteiger partial charge >= 0.3 is 5.97 Å². The summed E-state index contributed by atoms with van der Waals surface area (Å²) in [5, 5.41) is 8.81. The number of benzene rings is 1. The lowest BCUT2D eigenvalue weighted by Crippen LogP contribution is -2.07. The van der Waals surface area contributed by atoms with Gasteiger partial charge in [-0.25, -0.2) is 0 Å². The van der Waals surface area contributed by atoms with Crippen LogP contribution in [-0.4, -0.2) is 16.6 Å². The number of aliphatic carboxylic acids is 1. The summed E-state index contributed by atoms with van der Waals surface area (Å²) in [6.45, 7) is 1.65. The van der Waals surface area contributed by atoms with Crippen LogP contribution in [0.25, 0.3) is 0 Å². The Bertz CT molecular complexity index is 325. The molecule has 1 unspecified atom stereocenters. The van der Waals surface area contributed by atoms with Crippen LogP contribution in [-0.2, 0) is 4.79 Å². The molecule has 1 N–H and O–H groups in total. The van der Waals surface area contributed by atoms with Crippen LogP contribution in [0.1, 0.15) is 18.4 Å². The Morgan fingerprint density at radius 2 is 2.36 bits per heavy atom. The molecule has 0 spiro atoms. The molecule has 0 saturated heterocycles. The van der Waals surface area contributed by atoms with Crippen molar-refractivity contribution in [2.24, 2.45) is 0 Å². The number of alkyl halides is 1. The molecule has 0 saturated carbocycles. The molecule has 0 aliphatic rings. The molecule has 0 amide bonds. The molecule has 0 radical (unpaired) electrons. The number of rotatable bonds is 4. The van der Waals surface area contributed by atoms with Gasteiger partial charge in [0.25, 0.3) is 0 Å². The van der Waals surface area contributed by atoms with Gasteiger partial charge in [-0.3, -0.25) is 4.79 Å². The minimum atomic E-state index is -0.832. The minimum Gasteiger partial charge on any atom is -0.482 e. The van der Waals surface area contributed by atoms with Crippen LogP contribution in [0.5, 0.6) is 5.75 Å². The van der Waals surface area contributed by atoms with Crippen molar-refractivity contribution in [1.29, 1.82) is 0 Å². The van der Waals surface area contributed by atoms with Crippen molar-refractivity contribution >= 4 is 21.9 Å². The van der Waals surface area contributed by atoms with Gasteiger partial charge in [-0.15, -0.1) is 0 Å². The average Bonchev–Trinajstić information content (AvgIpc) is 2.17. The van der Waals surface area contributed by atoms with Crippen molar-refractivity contribution in [3.63, 3.8) is 0 Å². The molecular formula is C10H11BrO3. The Balaban J connectivity index is 2.87. The lowest BCUT2D eigenvalue weighted by Gasteiger charge is -2.08. The van der Waals surface area contributed by atoms with E-state index in [0.717, 1.165) is 5.56 Å². The van der Waals surface area contributed by atoms with E-state index in [1.165, 1.54) is 0 Å². The van der Waals surface area contributed by atoms with Crippen LogP contribution in [0.3, 0.4) is 0 Å². The number of carbonyl (C=O) groups is 1. The Kier molecular flexibility index (Phi) is 3.95. The Morgan fingerprint density at radius 1 is 1.64 bits per heavy atom. The zero-order chi connectivity index (χ0) is 10.6. The van der Waals surface area contributed by atoms with Crippen molar-refractivity contribution in [2.45, 2.75) is 12.8 Å². The molecule has 1 aromatic rings. The second kappa shape index (κ2) is 5.00. The van der Waals surface area contributed by atoms with E-state index in [4.69, 9.17) is 9.84 Å². The molecule has 0 aliphatic heterocycles. The molecule has 3 nitrogen and oxygen atoms in total. The van der Waals surface area contributed by atoms with Gasteiger partial charge in [-0.05, 0) is 40.5 Å². The fourth-order valence-electron chi connectivity index (χ4n) is 1.08. The smallest absolute Gasteiger partial charge is 0.310 e. The third-order valence-electron chi connectivity index (χ3n) is 1.95. The summed E-state index contributed by atoms with van der Waals surface area (Å²) in [7, 11) is 0. The summed E-state index contributed by atoms with van der Waals surface area (Å²) >= 11 is 3.14. The molecule has 4 heteroatoms. The molecule has 0 fully saturated rings. The first kappa shape index (κ1) is 11.0. The van der Waals surface area contributed by atoms with Gasteiger partial charge in [0.15, 0.2) is 0 Å². The maximum Gasteiger partial charge on any atom is 0.310 e. The Hall–Kier alpha value is -1.03. The van der Waals surface area contributed by atoms with Crippen molar-refractivity contribution < 1.29 is 14.6 Å². The van der Waals surface area contributed by atoms with E-state index in [9.17, 15) is 4.79 Å². The van der Waals surface area contributed by atoms with Gasteiger partial charge in [-0.1, -0.05) is 12.1 Å². The van der Waals surface area contributed by atoms with Gasteiger partial charge < -0.3 is 9.84 Å². The predicted octanol–water partition coefficient (Wildman–Crippen LogP) is 2.61. The SMILES string of the molecule is CC(C(=O)O)c1cccc(OCBr)c1. The van der Waals surface area contributed by atoms with Gasteiger partial charge in [0, 0.05) is 0 Å². The minimum absolute atomic E-state index is 0.401. The van der Waals surface area contributed by atoms with Gasteiger partial charge in [0.1, 0.15) is 11.3 Å². The van der Waals surface area contributed by atoms with Crippen molar-refractivity contribution in [2.75, 3.05) is 5.52 Å². The largest absolute Gasteiger partial charge is 0.482 e. The normalized spacial score (nSPS) is 12.1. The molecule has 0 bridgehead atoms. The molecule has 0 aromatic heterocycles. The highest BCUT2D eigenvalue weighted by Crippen LogP contribution is 2.21. The topological polar surface area (TPSA) is 46.5 Å². The number of carboxylic acids is 1. The third-order valence-corrected chi connectivity index (χ3v) is 2.18. The van der Waals surface area contributed by atoms with Crippen LogP contribution < -0.4 is 4.74 Å².